The summed E-state index contributed by atoms with van der Waals surface area (Å²) in [5.41, 5.74) is 6.92. The third kappa shape index (κ3) is 3.00. The van der Waals surface area contributed by atoms with Crippen molar-refractivity contribution in [3.8, 4) is 0 Å². The molecule has 2 N–H and O–H groups in total. The van der Waals surface area contributed by atoms with Gasteiger partial charge in [-0.2, -0.15) is 0 Å². The number of nitrogen functional groups attached to an aromatic ring is 1. The number of nitrogens with two attached hydrogens (primary N) is 1. The zero-order chi connectivity index (χ0) is 12.8. The van der Waals surface area contributed by atoms with E-state index in [9.17, 15) is 0 Å². The third-order valence-corrected chi connectivity index (χ3v) is 2.84. The van der Waals surface area contributed by atoms with Gasteiger partial charge in [-0.3, -0.25) is 0 Å². The Morgan fingerprint density at radius 3 is 2.50 bits per heavy atom. The molecular formula is C15H19N3. The number of aromatic nitrogens is 1. The minimum atomic E-state index is 0.560. The highest BCUT2D eigenvalue weighted by molar-refractivity contribution is 5.60. The Bertz CT molecular complexity index is 482. The van der Waals surface area contributed by atoms with E-state index in [0.29, 0.717) is 5.82 Å². The largest absolute Gasteiger partial charge is 0.384 e. The van der Waals surface area contributed by atoms with Gasteiger partial charge in [-0.25, -0.2) is 4.98 Å². The minimum absolute atomic E-state index is 0.560. The molecule has 1 aromatic carbocycles. The van der Waals surface area contributed by atoms with Crippen LogP contribution in [0.1, 0.15) is 19.8 Å². The van der Waals surface area contributed by atoms with Crippen molar-refractivity contribution in [1.29, 1.82) is 0 Å². The fourth-order valence-corrected chi connectivity index (χ4v) is 1.89. The van der Waals surface area contributed by atoms with Crippen LogP contribution in [-0.2, 0) is 0 Å². The Morgan fingerprint density at radius 2 is 1.83 bits per heavy atom. The summed E-state index contributed by atoms with van der Waals surface area (Å²) in [5.74, 6) is 1.47. The number of unbranched alkanes of at least 4 members (excludes halogenated alkanes) is 1. The van der Waals surface area contributed by atoms with E-state index >= 15 is 0 Å². The molecule has 0 aliphatic rings. The Morgan fingerprint density at radius 1 is 1.06 bits per heavy atom. The van der Waals surface area contributed by atoms with Crippen molar-refractivity contribution in [2.75, 3.05) is 17.2 Å². The maximum absolute atomic E-state index is 5.77. The van der Waals surface area contributed by atoms with E-state index in [0.717, 1.165) is 30.9 Å². The lowest BCUT2D eigenvalue weighted by Crippen LogP contribution is -2.19. The highest BCUT2D eigenvalue weighted by atomic mass is 15.2. The van der Waals surface area contributed by atoms with E-state index in [2.05, 4.69) is 28.9 Å². The average molecular weight is 241 g/mol. The molecule has 0 fully saturated rings. The standard InChI is InChI=1S/C15H19N3/c1-2-3-12-18(13-8-5-4-6-9-13)15-11-7-10-14(16)17-15/h4-11H,2-3,12H2,1H3,(H2,16,17). The van der Waals surface area contributed by atoms with Crippen LogP contribution in [0, 0.1) is 0 Å². The topological polar surface area (TPSA) is 42.1 Å². The Balaban J connectivity index is 2.31. The first-order chi connectivity index (χ1) is 8.81. The van der Waals surface area contributed by atoms with Crippen LogP contribution in [0.5, 0.6) is 0 Å². The number of para-hydroxylation sites is 1. The maximum atomic E-state index is 5.77. The van der Waals surface area contributed by atoms with Gasteiger partial charge in [0, 0.05) is 12.2 Å². The summed E-state index contributed by atoms with van der Waals surface area (Å²) >= 11 is 0. The highest BCUT2D eigenvalue weighted by Gasteiger charge is 2.09. The summed E-state index contributed by atoms with van der Waals surface area (Å²) in [5, 5.41) is 0. The summed E-state index contributed by atoms with van der Waals surface area (Å²) in [6.45, 7) is 3.15. The molecule has 3 heteroatoms. The molecule has 0 bridgehead atoms. The van der Waals surface area contributed by atoms with Gasteiger partial charge in [0.2, 0.25) is 0 Å². The normalized spacial score (nSPS) is 10.3. The number of nitrogens with zero attached hydrogens (tertiary/aromatic N) is 2. The van der Waals surface area contributed by atoms with E-state index in [-0.39, 0.29) is 0 Å². The molecule has 0 aliphatic heterocycles. The number of hydrogen-bond donors (Lipinski definition) is 1. The van der Waals surface area contributed by atoms with Gasteiger partial charge in [0.25, 0.3) is 0 Å². The van der Waals surface area contributed by atoms with E-state index in [4.69, 9.17) is 5.73 Å². The second kappa shape index (κ2) is 6.05. The summed E-state index contributed by atoms with van der Waals surface area (Å²) < 4.78 is 0. The fraction of sp³-hybridized carbons (Fsp3) is 0.267. The van der Waals surface area contributed by atoms with Crippen LogP contribution < -0.4 is 10.6 Å². The molecule has 2 aromatic rings. The lowest BCUT2D eigenvalue weighted by Gasteiger charge is -2.23. The molecule has 18 heavy (non-hydrogen) atoms. The SMILES string of the molecule is CCCCN(c1ccccc1)c1cccc(N)n1. The van der Waals surface area contributed by atoms with Gasteiger partial charge in [0.1, 0.15) is 11.6 Å². The van der Waals surface area contributed by atoms with Gasteiger partial charge in [-0.1, -0.05) is 37.6 Å². The van der Waals surface area contributed by atoms with E-state index in [1.807, 2.05) is 36.4 Å². The van der Waals surface area contributed by atoms with Crippen LogP contribution in [0.3, 0.4) is 0 Å². The molecule has 0 saturated heterocycles. The lowest BCUT2D eigenvalue weighted by molar-refractivity contribution is 0.780. The molecule has 1 aromatic heterocycles. The smallest absolute Gasteiger partial charge is 0.135 e. The minimum Gasteiger partial charge on any atom is -0.384 e. The molecule has 0 saturated carbocycles. The molecule has 0 aliphatic carbocycles. The predicted molar refractivity (Wildman–Crippen MR) is 77.0 cm³/mol. The van der Waals surface area contributed by atoms with E-state index in [1.54, 1.807) is 0 Å². The van der Waals surface area contributed by atoms with Crippen LogP contribution in [0.2, 0.25) is 0 Å². The zero-order valence-electron chi connectivity index (χ0n) is 10.7. The Labute approximate surface area is 108 Å². The maximum Gasteiger partial charge on any atom is 0.135 e. The molecule has 0 amide bonds. The number of hydrogen-bond acceptors (Lipinski definition) is 3. The number of pyridine rings is 1. The van der Waals surface area contributed by atoms with Gasteiger partial charge in [0.05, 0.1) is 0 Å². The molecule has 3 nitrogen and oxygen atoms in total. The molecule has 0 unspecified atom stereocenters. The van der Waals surface area contributed by atoms with Crippen molar-refractivity contribution in [2.45, 2.75) is 19.8 Å². The van der Waals surface area contributed by atoms with Crippen LogP contribution in [0.25, 0.3) is 0 Å². The highest BCUT2D eigenvalue weighted by Crippen LogP contribution is 2.24. The average Bonchev–Trinajstić information content (AvgIpc) is 2.40. The van der Waals surface area contributed by atoms with Gasteiger partial charge in [0.15, 0.2) is 0 Å². The fourth-order valence-electron chi connectivity index (χ4n) is 1.89. The summed E-state index contributed by atoms with van der Waals surface area (Å²) in [6.07, 6.45) is 2.29. The first kappa shape index (κ1) is 12.4. The molecule has 0 atom stereocenters. The van der Waals surface area contributed by atoms with Gasteiger partial charge < -0.3 is 10.6 Å². The summed E-state index contributed by atoms with van der Waals surface area (Å²) in [6, 6.07) is 16.1. The summed E-state index contributed by atoms with van der Waals surface area (Å²) in [7, 11) is 0. The van der Waals surface area contributed by atoms with Gasteiger partial charge >= 0.3 is 0 Å². The van der Waals surface area contributed by atoms with Crippen LogP contribution in [-0.4, -0.2) is 11.5 Å². The lowest BCUT2D eigenvalue weighted by atomic mass is 10.2. The molecule has 94 valence electrons. The molecular weight excluding hydrogens is 222 g/mol. The Kier molecular flexibility index (Phi) is 4.18. The third-order valence-electron chi connectivity index (χ3n) is 2.84. The van der Waals surface area contributed by atoms with Crippen molar-refractivity contribution in [3.63, 3.8) is 0 Å². The number of anilines is 3. The molecule has 0 radical (unpaired) electrons. The number of benzene rings is 1. The number of rotatable bonds is 5. The first-order valence-electron chi connectivity index (χ1n) is 6.36. The van der Waals surface area contributed by atoms with Crippen LogP contribution >= 0.6 is 0 Å². The first-order valence-corrected chi connectivity index (χ1v) is 6.36. The van der Waals surface area contributed by atoms with Crippen LogP contribution in [0.15, 0.2) is 48.5 Å². The predicted octanol–water partition coefficient (Wildman–Crippen LogP) is 3.60. The van der Waals surface area contributed by atoms with E-state index < -0.39 is 0 Å². The van der Waals surface area contributed by atoms with Crippen molar-refractivity contribution >= 4 is 17.3 Å². The zero-order valence-corrected chi connectivity index (χ0v) is 10.7. The second-order valence-electron chi connectivity index (χ2n) is 4.26. The quantitative estimate of drug-likeness (QED) is 0.869. The summed E-state index contributed by atoms with van der Waals surface area (Å²) in [4.78, 5) is 6.61. The van der Waals surface area contributed by atoms with Crippen LogP contribution in [0.4, 0.5) is 17.3 Å². The molecule has 1 heterocycles. The van der Waals surface area contributed by atoms with Gasteiger partial charge in [-0.05, 0) is 30.7 Å². The second-order valence-corrected chi connectivity index (χ2v) is 4.26. The van der Waals surface area contributed by atoms with Crippen molar-refractivity contribution in [2.24, 2.45) is 0 Å². The molecule has 0 spiro atoms. The Hall–Kier alpha value is -2.03. The van der Waals surface area contributed by atoms with Crippen molar-refractivity contribution in [1.82, 2.24) is 4.98 Å². The molecule has 2 rings (SSSR count). The van der Waals surface area contributed by atoms with Crippen molar-refractivity contribution < 1.29 is 0 Å². The van der Waals surface area contributed by atoms with Crippen molar-refractivity contribution in [3.05, 3.63) is 48.5 Å². The van der Waals surface area contributed by atoms with E-state index in [1.165, 1.54) is 0 Å². The van der Waals surface area contributed by atoms with Gasteiger partial charge in [-0.15, -0.1) is 0 Å². The monoisotopic (exact) mass is 241 g/mol.